The molecule has 0 N–H and O–H groups in total. The number of benzene rings is 1. The molecule has 0 aliphatic rings. The summed E-state index contributed by atoms with van der Waals surface area (Å²) in [5.74, 6) is -2.76. The van der Waals surface area contributed by atoms with Gasteiger partial charge < -0.3 is 4.74 Å². The Balaban J connectivity index is 1.84. The van der Waals surface area contributed by atoms with Gasteiger partial charge in [0.15, 0.2) is 0 Å². The molecule has 0 atom stereocenters. The molecule has 0 bridgehead atoms. The number of aromatic nitrogens is 2. The van der Waals surface area contributed by atoms with Crippen molar-refractivity contribution in [3.8, 4) is 0 Å². The van der Waals surface area contributed by atoms with E-state index in [0.29, 0.717) is 11.7 Å². The Morgan fingerprint density at radius 2 is 2.04 bits per heavy atom. The van der Waals surface area contributed by atoms with Crippen molar-refractivity contribution in [3.05, 3.63) is 81.4 Å². The highest BCUT2D eigenvalue weighted by Gasteiger charge is 2.15. The van der Waals surface area contributed by atoms with Crippen LogP contribution in [0, 0.1) is 18.6 Å². The van der Waals surface area contributed by atoms with Gasteiger partial charge in [0, 0.05) is 18.3 Å². The van der Waals surface area contributed by atoms with Gasteiger partial charge in [-0.2, -0.15) is 0 Å². The first-order valence-corrected chi connectivity index (χ1v) is 7.06. The summed E-state index contributed by atoms with van der Waals surface area (Å²) >= 11 is 0. The topological polar surface area (TPSA) is 60.7 Å². The Labute approximate surface area is 135 Å². The number of halogens is 2. The van der Waals surface area contributed by atoms with Crippen LogP contribution in [0.1, 0.15) is 21.6 Å². The second-order valence-corrected chi connectivity index (χ2v) is 5.17. The molecule has 0 aliphatic heterocycles. The highest BCUT2D eigenvalue weighted by atomic mass is 19.1. The summed E-state index contributed by atoms with van der Waals surface area (Å²) in [5, 5.41) is 0. The summed E-state index contributed by atoms with van der Waals surface area (Å²) in [6, 6.07) is 7.32. The molecule has 3 rings (SSSR count). The van der Waals surface area contributed by atoms with Crippen LogP contribution in [-0.4, -0.2) is 15.4 Å². The van der Waals surface area contributed by atoms with Crippen molar-refractivity contribution >= 4 is 11.6 Å². The summed E-state index contributed by atoms with van der Waals surface area (Å²) in [5.41, 5.74) is 0.773. The van der Waals surface area contributed by atoms with Crippen LogP contribution in [-0.2, 0) is 11.3 Å². The van der Waals surface area contributed by atoms with Crippen molar-refractivity contribution in [1.29, 1.82) is 0 Å². The van der Waals surface area contributed by atoms with Gasteiger partial charge in [0.25, 0.3) is 5.56 Å². The van der Waals surface area contributed by atoms with Crippen LogP contribution in [0.5, 0.6) is 0 Å². The second kappa shape index (κ2) is 6.19. The summed E-state index contributed by atoms with van der Waals surface area (Å²) in [4.78, 5) is 28.2. The van der Waals surface area contributed by atoms with E-state index >= 15 is 0 Å². The van der Waals surface area contributed by atoms with Crippen molar-refractivity contribution in [3.63, 3.8) is 0 Å². The van der Waals surface area contributed by atoms with E-state index < -0.39 is 17.6 Å². The van der Waals surface area contributed by atoms with Gasteiger partial charge in [0.05, 0.1) is 11.3 Å². The van der Waals surface area contributed by atoms with Crippen LogP contribution in [0.25, 0.3) is 5.65 Å². The standard InChI is InChI=1S/C17H12F2N2O3/c1-10-3-2-6-21-15(22)8-12(20-16(10)21)9-24-17(23)13-5-4-11(18)7-14(13)19/h2-8H,9H2,1H3. The summed E-state index contributed by atoms with van der Waals surface area (Å²) in [6.45, 7) is 1.50. The lowest BCUT2D eigenvalue weighted by Crippen LogP contribution is -2.17. The Morgan fingerprint density at radius 3 is 2.79 bits per heavy atom. The number of carbonyl (C=O) groups is 1. The van der Waals surface area contributed by atoms with Crippen molar-refractivity contribution in [2.45, 2.75) is 13.5 Å². The maximum absolute atomic E-state index is 13.5. The predicted molar refractivity (Wildman–Crippen MR) is 81.7 cm³/mol. The number of nitrogens with zero attached hydrogens (tertiary/aromatic N) is 2. The Bertz CT molecular complexity index is 999. The predicted octanol–water partition coefficient (Wildman–Crippen LogP) is 2.64. The number of carbonyl (C=O) groups excluding carboxylic acids is 1. The quantitative estimate of drug-likeness (QED) is 0.693. The van der Waals surface area contributed by atoms with Crippen LogP contribution in [0.2, 0.25) is 0 Å². The average Bonchev–Trinajstić information content (AvgIpc) is 2.53. The molecular weight excluding hydrogens is 318 g/mol. The minimum absolute atomic E-state index is 0.241. The van der Waals surface area contributed by atoms with Crippen LogP contribution >= 0.6 is 0 Å². The lowest BCUT2D eigenvalue weighted by molar-refractivity contribution is 0.0462. The zero-order chi connectivity index (χ0) is 17.3. The maximum Gasteiger partial charge on any atom is 0.341 e. The van der Waals surface area contributed by atoms with E-state index in [1.807, 2.05) is 0 Å². The second-order valence-electron chi connectivity index (χ2n) is 5.17. The van der Waals surface area contributed by atoms with Crippen molar-refractivity contribution in [2.24, 2.45) is 0 Å². The largest absolute Gasteiger partial charge is 0.455 e. The normalized spacial score (nSPS) is 10.8. The zero-order valence-electron chi connectivity index (χ0n) is 12.6. The van der Waals surface area contributed by atoms with E-state index in [1.165, 1.54) is 10.5 Å². The highest BCUT2D eigenvalue weighted by Crippen LogP contribution is 2.12. The van der Waals surface area contributed by atoms with E-state index in [4.69, 9.17) is 4.74 Å². The number of hydrogen-bond acceptors (Lipinski definition) is 4. The molecule has 7 heteroatoms. The van der Waals surface area contributed by atoms with E-state index in [9.17, 15) is 18.4 Å². The Morgan fingerprint density at radius 1 is 1.25 bits per heavy atom. The fourth-order valence-electron chi connectivity index (χ4n) is 2.26. The van der Waals surface area contributed by atoms with Gasteiger partial charge in [-0.05, 0) is 30.7 Å². The zero-order valence-corrected chi connectivity index (χ0v) is 12.6. The third kappa shape index (κ3) is 3.01. The Hall–Kier alpha value is -3.09. The van der Waals surface area contributed by atoms with E-state index in [2.05, 4.69) is 4.98 Å². The molecule has 2 aromatic heterocycles. The molecular formula is C17H12F2N2O3. The van der Waals surface area contributed by atoms with Crippen molar-refractivity contribution in [2.75, 3.05) is 0 Å². The fraction of sp³-hybridized carbons (Fsp3) is 0.118. The van der Waals surface area contributed by atoms with Gasteiger partial charge in [-0.15, -0.1) is 0 Å². The van der Waals surface area contributed by atoms with Crippen LogP contribution in [0.4, 0.5) is 8.78 Å². The van der Waals surface area contributed by atoms with Gasteiger partial charge in [0.1, 0.15) is 23.9 Å². The van der Waals surface area contributed by atoms with Crippen LogP contribution in [0.3, 0.4) is 0 Å². The molecule has 0 fully saturated rings. The number of esters is 1. The fourth-order valence-corrected chi connectivity index (χ4v) is 2.26. The number of aryl methyl sites for hydroxylation is 1. The number of pyridine rings is 1. The number of fused-ring (bicyclic) bond motifs is 1. The smallest absolute Gasteiger partial charge is 0.341 e. The first-order valence-electron chi connectivity index (χ1n) is 7.06. The van der Waals surface area contributed by atoms with Crippen LogP contribution < -0.4 is 5.56 Å². The molecule has 0 saturated carbocycles. The lowest BCUT2D eigenvalue weighted by atomic mass is 10.2. The molecule has 0 spiro atoms. The van der Waals surface area contributed by atoms with Gasteiger partial charge in [-0.25, -0.2) is 18.6 Å². The number of ether oxygens (including phenoxy) is 1. The summed E-state index contributed by atoms with van der Waals surface area (Å²) in [6.07, 6.45) is 1.58. The molecule has 0 amide bonds. The molecule has 122 valence electrons. The number of rotatable bonds is 3. The van der Waals surface area contributed by atoms with Gasteiger partial charge >= 0.3 is 5.97 Å². The monoisotopic (exact) mass is 330 g/mol. The summed E-state index contributed by atoms with van der Waals surface area (Å²) < 4.78 is 32.7. The molecule has 0 saturated heterocycles. The maximum atomic E-state index is 13.5. The van der Waals surface area contributed by atoms with Gasteiger partial charge in [0.2, 0.25) is 0 Å². The lowest BCUT2D eigenvalue weighted by Gasteiger charge is -2.08. The van der Waals surface area contributed by atoms with Crippen molar-refractivity contribution < 1.29 is 18.3 Å². The third-order valence-corrected chi connectivity index (χ3v) is 3.44. The minimum atomic E-state index is -1.01. The molecule has 24 heavy (non-hydrogen) atoms. The first kappa shape index (κ1) is 15.8. The van der Waals surface area contributed by atoms with E-state index in [0.717, 1.165) is 17.7 Å². The molecule has 1 aromatic carbocycles. The summed E-state index contributed by atoms with van der Waals surface area (Å²) in [7, 11) is 0. The molecule has 0 radical (unpaired) electrons. The van der Waals surface area contributed by atoms with Gasteiger partial charge in [-0.3, -0.25) is 9.20 Å². The average molecular weight is 330 g/mol. The molecule has 2 heterocycles. The molecule has 5 nitrogen and oxygen atoms in total. The third-order valence-electron chi connectivity index (χ3n) is 3.44. The number of hydrogen-bond donors (Lipinski definition) is 0. The Kier molecular flexibility index (Phi) is 4.07. The van der Waals surface area contributed by atoms with E-state index in [1.54, 1.807) is 25.3 Å². The van der Waals surface area contributed by atoms with Gasteiger partial charge in [-0.1, -0.05) is 6.07 Å². The SMILES string of the molecule is Cc1cccn2c(=O)cc(COC(=O)c3ccc(F)cc3F)nc12. The highest BCUT2D eigenvalue weighted by molar-refractivity contribution is 5.89. The van der Waals surface area contributed by atoms with E-state index in [-0.39, 0.29) is 23.4 Å². The molecule has 0 unspecified atom stereocenters. The van der Waals surface area contributed by atoms with Crippen LogP contribution in [0.15, 0.2) is 47.4 Å². The molecule has 3 aromatic rings. The minimum Gasteiger partial charge on any atom is -0.455 e. The first-order chi connectivity index (χ1) is 11.5. The van der Waals surface area contributed by atoms with Crippen molar-refractivity contribution in [1.82, 2.24) is 9.38 Å². The molecule has 0 aliphatic carbocycles.